The summed E-state index contributed by atoms with van der Waals surface area (Å²) in [4.78, 5) is 0. The van der Waals surface area contributed by atoms with Crippen molar-refractivity contribution < 1.29 is 13.9 Å². The van der Waals surface area contributed by atoms with E-state index in [9.17, 15) is 4.39 Å². The molecule has 5 heteroatoms. The molecular weight excluding hydrogens is 310 g/mol. The highest BCUT2D eigenvalue weighted by Crippen LogP contribution is 2.35. The molecule has 0 amide bonds. The molecule has 2 aromatic carbocycles. The predicted molar refractivity (Wildman–Crippen MR) is 69.1 cm³/mol. The van der Waals surface area contributed by atoms with E-state index in [1.165, 1.54) is 19.2 Å². The minimum absolute atomic E-state index is 0.140. The molecule has 0 heterocycles. The second kappa shape index (κ2) is 5.21. The standard InChI is InChI=1S/C12H9BrClFO2/c1-16-6-17-9-3-7-2-8(15)4-11(14)12(7)10(13)5-9/h2-5H,6H2,1H3. The van der Waals surface area contributed by atoms with E-state index in [0.29, 0.717) is 16.2 Å². The quantitative estimate of drug-likeness (QED) is 0.782. The smallest absolute Gasteiger partial charge is 0.188 e. The largest absolute Gasteiger partial charge is 0.468 e. The molecule has 0 aromatic heterocycles. The van der Waals surface area contributed by atoms with Gasteiger partial charge in [-0.3, -0.25) is 0 Å². The van der Waals surface area contributed by atoms with Gasteiger partial charge in [0, 0.05) is 17.0 Å². The van der Waals surface area contributed by atoms with Crippen LogP contribution in [0.2, 0.25) is 5.02 Å². The summed E-state index contributed by atoms with van der Waals surface area (Å²) in [6.07, 6.45) is 0. The molecular formula is C12H9BrClFO2. The van der Waals surface area contributed by atoms with Crippen LogP contribution in [-0.4, -0.2) is 13.9 Å². The Labute approximate surface area is 111 Å². The van der Waals surface area contributed by atoms with Gasteiger partial charge in [0.05, 0.1) is 5.02 Å². The van der Waals surface area contributed by atoms with E-state index in [1.54, 1.807) is 12.1 Å². The molecule has 0 saturated carbocycles. The predicted octanol–water partition coefficient (Wildman–Crippen LogP) is 4.38. The van der Waals surface area contributed by atoms with Crippen molar-refractivity contribution in [3.05, 3.63) is 39.6 Å². The zero-order chi connectivity index (χ0) is 12.4. The molecule has 0 bridgehead atoms. The Kier molecular flexibility index (Phi) is 3.86. The van der Waals surface area contributed by atoms with E-state index in [2.05, 4.69) is 15.9 Å². The lowest BCUT2D eigenvalue weighted by atomic mass is 10.1. The summed E-state index contributed by atoms with van der Waals surface area (Å²) in [7, 11) is 1.53. The number of hydrogen-bond donors (Lipinski definition) is 0. The maximum atomic E-state index is 13.2. The Balaban J connectivity index is 2.56. The molecule has 0 saturated heterocycles. The van der Waals surface area contributed by atoms with Gasteiger partial charge >= 0.3 is 0 Å². The number of rotatable bonds is 3. The molecule has 0 spiro atoms. The van der Waals surface area contributed by atoms with Crippen molar-refractivity contribution in [1.29, 1.82) is 0 Å². The maximum Gasteiger partial charge on any atom is 0.188 e. The highest BCUT2D eigenvalue weighted by molar-refractivity contribution is 9.10. The summed E-state index contributed by atoms with van der Waals surface area (Å²) in [5, 5.41) is 1.80. The van der Waals surface area contributed by atoms with Gasteiger partial charge in [-0.25, -0.2) is 4.39 Å². The van der Waals surface area contributed by atoms with Crippen LogP contribution in [0.15, 0.2) is 28.7 Å². The fraction of sp³-hybridized carbons (Fsp3) is 0.167. The Morgan fingerprint density at radius 1 is 1.29 bits per heavy atom. The molecule has 17 heavy (non-hydrogen) atoms. The highest BCUT2D eigenvalue weighted by Gasteiger charge is 2.08. The average molecular weight is 320 g/mol. The average Bonchev–Trinajstić information content (AvgIpc) is 2.24. The number of hydrogen-bond acceptors (Lipinski definition) is 2. The zero-order valence-electron chi connectivity index (χ0n) is 8.97. The van der Waals surface area contributed by atoms with Crippen LogP contribution < -0.4 is 4.74 Å². The normalized spacial score (nSPS) is 10.8. The lowest BCUT2D eigenvalue weighted by Gasteiger charge is -2.09. The summed E-state index contributed by atoms with van der Waals surface area (Å²) in [6, 6.07) is 6.18. The first-order valence-electron chi connectivity index (χ1n) is 4.82. The van der Waals surface area contributed by atoms with Gasteiger partial charge < -0.3 is 9.47 Å². The van der Waals surface area contributed by atoms with Crippen LogP contribution >= 0.6 is 27.5 Å². The minimum Gasteiger partial charge on any atom is -0.468 e. The molecule has 0 aliphatic heterocycles. The Hall–Kier alpha value is -0.840. The maximum absolute atomic E-state index is 13.2. The van der Waals surface area contributed by atoms with Crippen molar-refractivity contribution in [2.24, 2.45) is 0 Å². The molecule has 2 rings (SSSR count). The SMILES string of the molecule is COCOc1cc(Br)c2c(Cl)cc(F)cc2c1. The van der Waals surface area contributed by atoms with Crippen LogP contribution in [0.25, 0.3) is 10.8 Å². The Morgan fingerprint density at radius 2 is 2.06 bits per heavy atom. The Morgan fingerprint density at radius 3 is 2.76 bits per heavy atom. The third kappa shape index (κ3) is 2.70. The van der Waals surface area contributed by atoms with Crippen LogP contribution in [0, 0.1) is 5.82 Å². The van der Waals surface area contributed by atoms with Gasteiger partial charge in [-0.05, 0) is 45.6 Å². The molecule has 0 unspecified atom stereocenters. The van der Waals surface area contributed by atoms with Crippen molar-refractivity contribution >= 4 is 38.3 Å². The Bertz CT molecular complexity index is 560. The topological polar surface area (TPSA) is 18.5 Å². The molecule has 90 valence electrons. The van der Waals surface area contributed by atoms with Gasteiger partial charge in [0.1, 0.15) is 11.6 Å². The molecule has 0 fully saturated rings. The molecule has 0 N–H and O–H groups in total. The number of halogens is 3. The van der Waals surface area contributed by atoms with Gasteiger partial charge in [-0.1, -0.05) is 11.6 Å². The first-order chi connectivity index (χ1) is 8.11. The van der Waals surface area contributed by atoms with Crippen molar-refractivity contribution in [2.45, 2.75) is 0 Å². The van der Waals surface area contributed by atoms with Crippen LogP contribution in [0.1, 0.15) is 0 Å². The number of methoxy groups -OCH3 is 1. The summed E-state index contributed by atoms with van der Waals surface area (Å²) in [5.41, 5.74) is 0. The number of fused-ring (bicyclic) bond motifs is 1. The summed E-state index contributed by atoms with van der Waals surface area (Å²) >= 11 is 9.38. The monoisotopic (exact) mass is 318 g/mol. The molecule has 0 aliphatic rings. The van der Waals surface area contributed by atoms with Crippen LogP contribution in [-0.2, 0) is 4.74 Å². The number of benzene rings is 2. The first kappa shape index (κ1) is 12.6. The van der Waals surface area contributed by atoms with Crippen molar-refractivity contribution in [2.75, 3.05) is 13.9 Å². The van der Waals surface area contributed by atoms with Crippen LogP contribution in [0.3, 0.4) is 0 Å². The third-order valence-corrected chi connectivity index (χ3v) is 3.16. The fourth-order valence-electron chi connectivity index (χ4n) is 1.56. The molecule has 2 aromatic rings. The first-order valence-corrected chi connectivity index (χ1v) is 5.99. The van der Waals surface area contributed by atoms with Gasteiger partial charge in [0.15, 0.2) is 6.79 Å². The number of ether oxygens (including phenoxy) is 2. The van der Waals surface area contributed by atoms with Gasteiger partial charge in [0.25, 0.3) is 0 Å². The fourth-order valence-corrected chi connectivity index (χ4v) is 2.66. The van der Waals surface area contributed by atoms with Crippen LogP contribution in [0.5, 0.6) is 5.75 Å². The molecule has 2 nitrogen and oxygen atoms in total. The van der Waals surface area contributed by atoms with Crippen LogP contribution in [0.4, 0.5) is 4.39 Å². The lowest BCUT2D eigenvalue weighted by molar-refractivity contribution is 0.0512. The molecule has 0 radical (unpaired) electrons. The lowest BCUT2D eigenvalue weighted by Crippen LogP contribution is -1.98. The van der Waals surface area contributed by atoms with Crippen molar-refractivity contribution in [3.63, 3.8) is 0 Å². The van der Waals surface area contributed by atoms with Crippen molar-refractivity contribution in [3.8, 4) is 5.75 Å². The van der Waals surface area contributed by atoms with Gasteiger partial charge in [-0.15, -0.1) is 0 Å². The molecule has 0 aliphatic carbocycles. The van der Waals surface area contributed by atoms with E-state index < -0.39 is 0 Å². The van der Waals surface area contributed by atoms with Gasteiger partial charge in [-0.2, -0.15) is 0 Å². The van der Waals surface area contributed by atoms with E-state index in [1.807, 2.05) is 0 Å². The van der Waals surface area contributed by atoms with E-state index >= 15 is 0 Å². The third-order valence-electron chi connectivity index (χ3n) is 2.23. The summed E-state index contributed by atoms with van der Waals surface area (Å²) in [5.74, 6) is 0.214. The van der Waals surface area contributed by atoms with E-state index in [0.717, 1.165) is 9.86 Å². The van der Waals surface area contributed by atoms with Crippen molar-refractivity contribution in [1.82, 2.24) is 0 Å². The second-order valence-electron chi connectivity index (χ2n) is 3.44. The van der Waals surface area contributed by atoms with E-state index in [-0.39, 0.29) is 12.6 Å². The summed E-state index contributed by atoms with van der Waals surface area (Å²) in [6.45, 7) is 0.140. The minimum atomic E-state index is -0.377. The van der Waals surface area contributed by atoms with Gasteiger partial charge in [0.2, 0.25) is 0 Å². The van der Waals surface area contributed by atoms with E-state index in [4.69, 9.17) is 21.1 Å². The highest BCUT2D eigenvalue weighted by atomic mass is 79.9. The molecule has 0 atom stereocenters. The second-order valence-corrected chi connectivity index (χ2v) is 4.70. The summed E-state index contributed by atoms with van der Waals surface area (Å²) < 4.78 is 24.1. The zero-order valence-corrected chi connectivity index (χ0v) is 11.3.